The number of hydrogen-bond acceptors (Lipinski definition) is 3. The molecule has 0 amide bonds. The van der Waals surface area contributed by atoms with E-state index in [0.29, 0.717) is 11.2 Å². The largest absolute Gasteiger partial charge is 0.359 e. The Hall–Kier alpha value is -1.17. The highest BCUT2D eigenvalue weighted by Crippen LogP contribution is 2.17. The number of nitrogens with one attached hydrogen (secondary N) is 2. The summed E-state index contributed by atoms with van der Waals surface area (Å²) in [6.07, 6.45) is 9.53. The van der Waals surface area contributed by atoms with Gasteiger partial charge in [-0.05, 0) is 25.1 Å². The van der Waals surface area contributed by atoms with Crippen molar-refractivity contribution < 1.29 is 0 Å². The van der Waals surface area contributed by atoms with Crippen molar-refractivity contribution in [2.24, 2.45) is 0 Å². The van der Waals surface area contributed by atoms with Gasteiger partial charge in [0.2, 0.25) is 0 Å². The first kappa shape index (κ1) is 10.4. The van der Waals surface area contributed by atoms with E-state index in [1.54, 1.807) is 17.3 Å². The second kappa shape index (κ2) is 5.06. The van der Waals surface area contributed by atoms with Gasteiger partial charge in [-0.25, -0.2) is 4.68 Å². The van der Waals surface area contributed by atoms with Crippen LogP contribution in [0, 0.1) is 0 Å². The van der Waals surface area contributed by atoms with Crippen LogP contribution in [-0.2, 0) is 0 Å². The maximum atomic E-state index is 5.18. The summed E-state index contributed by atoms with van der Waals surface area (Å²) in [6.45, 7) is 0. The molecular weight excluding hydrogens is 210 g/mol. The third kappa shape index (κ3) is 3.16. The lowest BCUT2D eigenvalue weighted by Crippen LogP contribution is -2.41. The molecule has 82 valence electrons. The van der Waals surface area contributed by atoms with Crippen molar-refractivity contribution in [2.75, 3.05) is 5.43 Å². The van der Waals surface area contributed by atoms with E-state index < -0.39 is 0 Å². The second-order valence-electron chi connectivity index (χ2n) is 3.79. The summed E-state index contributed by atoms with van der Waals surface area (Å²) < 4.78 is 1.64. The van der Waals surface area contributed by atoms with Crippen LogP contribution in [0.15, 0.2) is 12.7 Å². The number of hydrogen-bond donors (Lipinski definition) is 2. The molecule has 0 aliphatic heterocycles. The Labute approximate surface area is 94.2 Å². The Morgan fingerprint density at radius 2 is 1.87 bits per heavy atom. The van der Waals surface area contributed by atoms with E-state index >= 15 is 0 Å². The van der Waals surface area contributed by atoms with Crippen molar-refractivity contribution in [3.05, 3.63) is 12.7 Å². The Morgan fingerprint density at radius 3 is 2.53 bits per heavy atom. The molecule has 1 fully saturated rings. The zero-order chi connectivity index (χ0) is 10.5. The van der Waals surface area contributed by atoms with E-state index in [-0.39, 0.29) is 0 Å². The summed E-state index contributed by atoms with van der Waals surface area (Å²) in [5.41, 5.74) is 2.98. The van der Waals surface area contributed by atoms with Crippen molar-refractivity contribution in [3.8, 4) is 0 Å². The fraction of sp³-hybridized carbons (Fsp3) is 0.667. The van der Waals surface area contributed by atoms with Crippen molar-refractivity contribution in [2.45, 2.75) is 38.1 Å². The van der Waals surface area contributed by atoms with Crippen molar-refractivity contribution in [1.29, 1.82) is 0 Å². The molecule has 1 heterocycles. The molecule has 2 N–H and O–H groups in total. The van der Waals surface area contributed by atoms with Crippen LogP contribution in [0.25, 0.3) is 0 Å². The van der Waals surface area contributed by atoms with Crippen LogP contribution >= 0.6 is 12.2 Å². The minimum absolute atomic E-state index is 0.523. The molecule has 0 bridgehead atoms. The van der Waals surface area contributed by atoms with Gasteiger partial charge in [0.1, 0.15) is 12.7 Å². The molecule has 1 aromatic heterocycles. The minimum Gasteiger partial charge on any atom is -0.359 e. The molecule has 15 heavy (non-hydrogen) atoms. The van der Waals surface area contributed by atoms with Crippen LogP contribution in [0.3, 0.4) is 0 Å². The summed E-state index contributed by atoms with van der Waals surface area (Å²) in [6, 6.07) is 0.523. The van der Waals surface area contributed by atoms with Crippen LogP contribution in [0.2, 0.25) is 0 Å². The maximum Gasteiger partial charge on any atom is 0.185 e. The fourth-order valence-corrected chi connectivity index (χ4v) is 2.11. The first-order valence-corrected chi connectivity index (χ1v) is 5.67. The Morgan fingerprint density at radius 1 is 1.20 bits per heavy atom. The quantitative estimate of drug-likeness (QED) is 0.736. The van der Waals surface area contributed by atoms with Crippen LogP contribution in [0.5, 0.6) is 0 Å². The van der Waals surface area contributed by atoms with Crippen LogP contribution < -0.4 is 10.7 Å². The van der Waals surface area contributed by atoms with Gasteiger partial charge in [0.15, 0.2) is 5.11 Å². The minimum atomic E-state index is 0.523. The van der Waals surface area contributed by atoms with Crippen LogP contribution in [-0.4, -0.2) is 26.0 Å². The predicted octanol–water partition coefficient (Wildman–Crippen LogP) is 1.03. The highest BCUT2D eigenvalue weighted by Gasteiger charge is 2.13. The topological polar surface area (TPSA) is 54.8 Å². The summed E-state index contributed by atoms with van der Waals surface area (Å²) in [7, 11) is 0. The first-order chi connectivity index (χ1) is 7.34. The van der Waals surface area contributed by atoms with Gasteiger partial charge in [0, 0.05) is 6.04 Å². The highest BCUT2D eigenvalue weighted by atomic mass is 32.1. The lowest BCUT2D eigenvalue weighted by Gasteiger charge is -2.24. The van der Waals surface area contributed by atoms with Crippen molar-refractivity contribution in [3.63, 3.8) is 0 Å². The van der Waals surface area contributed by atoms with E-state index in [0.717, 1.165) is 0 Å². The number of aromatic nitrogens is 3. The Balaban J connectivity index is 1.76. The average molecular weight is 225 g/mol. The van der Waals surface area contributed by atoms with Crippen molar-refractivity contribution >= 4 is 17.3 Å². The predicted molar refractivity (Wildman–Crippen MR) is 62.0 cm³/mol. The standard InChI is InChI=1S/C9H15N5S/c15-9(13-14-6-10-11-7-14)12-8-4-2-1-3-5-8/h6-8H,1-5H2,(H2,12,13,15). The van der Waals surface area contributed by atoms with Gasteiger partial charge >= 0.3 is 0 Å². The SMILES string of the molecule is S=C(NC1CCCCC1)Nn1cnnc1. The molecule has 0 unspecified atom stereocenters. The van der Waals surface area contributed by atoms with Gasteiger partial charge in [-0.15, -0.1) is 10.2 Å². The molecule has 0 aromatic carbocycles. The summed E-state index contributed by atoms with van der Waals surface area (Å²) in [5, 5.41) is 11.3. The van der Waals surface area contributed by atoms with E-state index in [9.17, 15) is 0 Å². The average Bonchev–Trinajstić information content (AvgIpc) is 2.71. The molecule has 6 heteroatoms. The normalized spacial score (nSPS) is 17.3. The lowest BCUT2D eigenvalue weighted by molar-refractivity contribution is 0.414. The molecule has 1 aliphatic rings. The number of thiocarbonyl (C=S) groups is 1. The van der Waals surface area contributed by atoms with Gasteiger partial charge in [-0.2, -0.15) is 0 Å². The number of rotatable bonds is 2. The summed E-state index contributed by atoms with van der Waals surface area (Å²) in [5.74, 6) is 0. The van der Waals surface area contributed by atoms with Gasteiger partial charge in [0.25, 0.3) is 0 Å². The molecule has 0 saturated heterocycles. The molecular formula is C9H15N5S. The zero-order valence-electron chi connectivity index (χ0n) is 8.52. The van der Waals surface area contributed by atoms with E-state index in [2.05, 4.69) is 20.9 Å². The number of nitrogens with zero attached hydrogens (tertiary/aromatic N) is 3. The first-order valence-electron chi connectivity index (χ1n) is 5.27. The monoisotopic (exact) mass is 225 g/mol. The van der Waals surface area contributed by atoms with Gasteiger partial charge in [0.05, 0.1) is 0 Å². The molecule has 0 radical (unpaired) electrons. The second-order valence-corrected chi connectivity index (χ2v) is 4.20. The molecule has 0 atom stereocenters. The molecule has 2 rings (SSSR count). The summed E-state index contributed by atoms with van der Waals surface area (Å²) >= 11 is 5.18. The van der Waals surface area contributed by atoms with Gasteiger partial charge in [-0.3, -0.25) is 5.43 Å². The fourth-order valence-electron chi connectivity index (χ4n) is 1.84. The Kier molecular flexibility index (Phi) is 3.49. The molecule has 0 spiro atoms. The zero-order valence-corrected chi connectivity index (χ0v) is 9.33. The third-order valence-corrected chi connectivity index (χ3v) is 2.80. The van der Waals surface area contributed by atoms with Gasteiger partial charge < -0.3 is 5.32 Å². The van der Waals surface area contributed by atoms with E-state index in [1.807, 2.05) is 0 Å². The Bertz CT molecular complexity index is 304. The summed E-state index contributed by atoms with van der Waals surface area (Å²) in [4.78, 5) is 0. The van der Waals surface area contributed by atoms with Crippen molar-refractivity contribution in [1.82, 2.24) is 20.2 Å². The van der Waals surface area contributed by atoms with Gasteiger partial charge in [-0.1, -0.05) is 19.3 Å². The smallest absolute Gasteiger partial charge is 0.185 e. The third-order valence-electron chi connectivity index (χ3n) is 2.59. The molecule has 1 aromatic rings. The molecule has 1 saturated carbocycles. The van der Waals surface area contributed by atoms with E-state index in [1.165, 1.54) is 32.1 Å². The lowest BCUT2D eigenvalue weighted by atomic mass is 9.96. The van der Waals surface area contributed by atoms with Crippen LogP contribution in [0.1, 0.15) is 32.1 Å². The highest BCUT2D eigenvalue weighted by molar-refractivity contribution is 7.80. The van der Waals surface area contributed by atoms with Crippen LogP contribution in [0.4, 0.5) is 0 Å². The maximum absolute atomic E-state index is 5.18. The molecule has 1 aliphatic carbocycles. The molecule has 5 nitrogen and oxygen atoms in total. The van der Waals surface area contributed by atoms with E-state index in [4.69, 9.17) is 12.2 Å².